The van der Waals surface area contributed by atoms with E-state index >= 15 is 0 Å². The summed E-state index contributed by atoms with van der Waals surface area (Å²) in [5.74, 6) is 0.624. The van der Waals surface area contributed by atoms with Gasteiger partial charge in [-0.05, 0) is 39.6 Å². The van der Waals surface area contributed by atoms with Crippen LogP contribution in [0.15, 0.2) is 77.4 Å². The van der Waals surface area contributed by atoms with E-state index in [0.717, 1.165) is 16.8 Å². The van der Waals surface area contributed by atoms with Crippen LogP contribution >= 0.6 is 0 Å². The maximum atomic E-state index is 13.5. The van der Waals surface area contributed by atoms with Crippen molar-refractivity contribution in [3.05, 3.63) is 84.3 Å². The van der Waals surface area contributed by atoms with E-state index in [0.29, 0.717) is 11.6 Å². The quantitative estimate of drug-likeness (QED) is 0.472. The molecule has 156 valence electrons. The molecule has 0 fully saturated rings. The molecule has 0 aliphatic carbocycles. The number of carbonyl (C=O) groups excluding carboxylic acids is 1. The molecule has 0 aliphatic heterocycles. The van der Waals surface area contributed by atoms with E-state index in [1.54, 1.807) is 24.5 Å². The third kappa shape index (κ3) is 4.45. The number of benzene rings is 2. The van der Waals surface area contributed by atoms with Gasteiger partial charge in [-0.15, -0.1) is 5.10 Å². The number of hydrogen-bond donors (Lipinski definition) is 1. The minimum absolute atomic E-state index is 0.140. The topological polar surface area (TPSA) is 85.8 Å². The van der Waals surface area contributed by atoms with Crippen LogP contribution in [-0.4, -0.2) is 26.1 Å². The fourth-order valence-corrected chi connectivity index (χ4v) is 3.28. The first-order valence-electron chi connectivity index (χ1n) is 9.94. The molecular formula is C24H23N5O2. The van der Waals surface area contributed by atoms with Gasteiger partial charge in [-0.1, -0.05) is 69.3 Å². The van der Waals surface area contributed by atoms with Crippen LogP contribution in [0.2, 0.25) is 0 Å². The standard InChI is InChI=1S/C24H23N5O2/c1-24(2,3)19-13-7-8-14-20(19)25-23(30)21(16-18-12-9-15-31-18)29-22(26-27-28-29)17-10-5-4-6-11-17/h4-16H,1-3H3,(H,25,30). The first-order chi connectivity index (χ1) is 14.9. The molecule has 0 bridgehead atoms. The van der Waals surface area contributed by atoms with Crippen molar-refractivity contribution >= 4 is 23.4 Å². The Kier molecular flexibility index (Phi) is 5.49. The summed E-state index contributed by atoms with van der Waals surface area (Å²) in [7, 11) is 0. The minimum atomic E-state index is -0.349. The summed E-state index contributed by atoms with van der Waals surface area (Å²) in [6.45, 7) is 6.31. The van der Waals surface area contributed by atoms with E-state index in [2.05, 4.69) is 41.6 Å². The number of tetrazole rings is 1. The number of nitrogens with zero attached hydrogens (tertiary/aromatic N) is 4. The number of rotatable bonds is 5. The van der Waals surface area contributed by atoms with Gasteiger partial charge in [0.05, 0.1) is 6.26 Å². The predicted molar refractivity (Wildman–Crippen MR) is 120 cm³/mol. The lowest BCUT2D eigenvalue weighted by Gasteiger charge is -2.23. The first-order valence-corrected chi connectivity index (χ1v) is 9.94. The van der Waals surface area contributed by atoms with Crippen LogP contribution in [0, 0.1) is 0 Å². The van der Waals surface area contributed by atoms with Crippen molar-refractivity contribution in [2.24, 2.45) is 0 Å². The van der Waals surface area contributed by atoms with E-state index in [9.17, 15) is 4.79 Å². The van der Waals surface area contributed by atoms with Crippen molar-refractivity contribution in [2.75, 3.05) is 5.32 Å². The Morgan fingerprint density at radius 1 is 1.00 bits per heavy atom. The molecule has 31 heavy (non-hydrogen) atoms. The second kappa shape index (κ2) is 8.39. The minimum Gasteiger partial charge on any atom is -0.465 e. The number of carbonyl (C=O) groups is 1. The molecule has 2 heterocycles. The second-order valence-corrected chi connectivity index (χ2v) is 8.08. The molecule has 0 saturated carbocycles. The van der Waals surface area contributed by atoms with Crippen molar-refractivity contribution in [3.8, 4) is 11.4 Å². The molecule has 0 atom stereocenters. The molecule has 1 N–H and O–H groups in total. The molecule has 4 aromatic rings. The van der Waals surface area contributed by atoms with E-state index < -0.39 is 0 Å². The highest BCUT2D eigenvalue weighted by molar-refractivity contribution is 6.24. The van der Waals surface area contributed by atoms with E-state index in [1.165, 1.54) is 4.68 Å². The van der Waals surface area contributed by atoms with Crippen molar-refractivity contribution in [3.63, 3.8) is 0 Å². The van der Waals surface area contributed by atoms with Crippen LogP contribution in [0.3, 0.4) is 0 Å². The van der Waals surface area contributed by atoms with Gasteiger partial charge in [-0.2, -0.15) is 4.68 Å². The van der Waals surface area contributed by atoms with Crippen molar-refractivity contribution in [1.82, 2.24) is 20.2 Å². The Hall–Kier alpha value is -4.00. The van der Waals surface area contributed by atoms with Gasteiger partial charge in [0.2, 0.25) is 0 Å². The molecule has 7 nitrogen and oxygen atoms in total. The molecule has 1 amide bonds. The number of anilines is 1. The smallest absolute Gasteiger partial charge is 0.274 e. The van der Waals surface area contributed by atoms with Crippen molar-refractivity contribution in [1.29, 1.82) is 0 Å². The van der Waals surface area contributed by atoms with Gasteiger partial charge in [0, 0.05) is 17.3 Å². The highest BCUT2D eigenvalue weighted by Crippen LogP contribution is 2.30. The van der Waals surface area contributed by atoms with E-state index in [4.69, 9.17) is 4.42 Å². The third-order valence-corrected chi connectivity index (χ3v) is 4.77. The lowest BCUT2D eigenvalue weighted by atomic mass is 9.86. The molecule has 0 radical (unpaired) electrons. The van der Waals surface area contributed by atoms with Crippen LogP contribution in [0.25, 0.3) is 23.2 Å². The number of hydrogen-bond acceptors (Lipinski definition) is 5. The molecule has 0 spiro atoms. The molecule has 0 unspecified atom stereocenters. The second-order valence-electron chi connectivity index (χ2n) is 8.08. The summed E-state index contributed by atoms with van der Waals surface area (Å²) in [5.41, 5.74) is 2.65. The van der Waals surface area contributed by atoms with Crippen LogP contribution in [0.1, 0.15) is 32.1 Å². The third-order valence-electron chi connectivity index (χ3n) is 4.77. The van der Waals surface area contributed by atoms with Gasteiger partial charge in [-0.25, -0.2) is 0 Å². The first kappa shape index (κ1) is 20.3. The summed E-state index contributed by atoms with van der Waals surface area (Å²) in [5, 5.41) is 15.1. The van der Waals surface area contributed by atoms with Crippen molar-refractivity contribution < 1.29 is 9.21 Å². The van der Waals surface area contributed by atoms with E-state index in [1.807, 2.05) is 54.6 Å². The maximum Gasteiger partial charge on any atom is 0.274 e. The summed E-state index contributed by atoms with van der Waals surface area (Å²) < 4.78 is 6.87. The molecule has 0 aliphatic rings. The monoisotopic (exact) mass is 413 g/mol. The fourth-order valence-electron chi connectivity index (χ4n) is 3.28. The maximum absolute atomic E-state index is 13.5. The zero-order valence-electron chi connectivity index (χ0n) is 17.6. The lowest BCUT2D eigenvalue weighted by molar-refractivity contribution is -0.111. The predicted octanol–water partition coefficient (Wildman–Crippen LogP) is 4.87. The van der Waals surface area contributed by atoms with E-state index in [-0.39, 0.29) is 17.0 Å². The highest BCUT2D eigenvalue weighted by Gasteiger charge is 2.23. The van der Waals surface area contributed by atoms with Crippen molar-refractivity contribution in [2.45, 2.75) is 26.2 Å². The fraction of sp³-hybridized carbons (Fsp3) is 0.167. The van der Waals surface area contributed by atoms with Gasteiger partial charge >= 0.3 is 0 Å². The van der Waals surface area contributed by atoms with Gasteiger partial charge < -0.3 is 9.73 Å². The molecule has 4 rings (SSSR count). The molecule has 2 aromatic heterocycles. The Labute approximate surface area is 180 Å². The average Bonchev–Trinajstić information content (AvgIpc) is 3.44. The lowest BCUT2D eigenvalue weighted by Crippen LogP contribution is -2.22. The molecule has 0 saturated heterocycles. The van der Waals surface area contributed by atoms with Crippen LogP contribution < -0.4 is 5.32 Å². The largest absolute Gasteiger partial charge is 0.465 e. The summed E-state index contributed by atoms with van der Waals surface area (Å²) >= 11 is 0. The van der Waals surface area contributed by atoms with Gasteiger partial charge in [0.25, 0.3) is 5.91 Å². The van der Waals surface area contributed by atoms with Gasteiger partial charge in [0.1, 0.15) is 11.5 Å². The molecule has 7 heteroatoms. The van der Waals surface area contributed by atoms with Crippen LogP contribution in [0.5, 0.6) is 0 Å². The zero-order valence-corrected chi connectivity index (χ0v) is 17.6. The molecular weight excluding hydrogens is 390 g/mol. The normalized spacial score (nSPS) is 12.0. The van der Waals surface area contributed by atoms with Crippen LogP contribution in [-0.2, 0) is 10.2 Å². The molecule has 2 aromatic carbocycles. The highest BCUT2D eigenvalue weighted by atomic mass is 16.3. The average molecular weight is 413 g/mol. The SMILES string of the molecule is CC(C)(C)c1ccccc1NC(=O)C(=Cc1ccco1)n1nnnc1-c1ccccc1. The number of nitrogens with one attached hydrogen (secondary N) is 1. The van der Waals surface area contributed by atoms with Crippen LogP contribution in [0.4, 0.5) is 5.69 Å². The Bertz CT molecular complexity index is 1200. The van der Waals surface area contributed by atoms with Gasteiger partial charge in [0.15, 0.2) is 5.82 Å². The number of aromatic nitrogens is 4. The summed E-state index contributed by atoms with van der Waals surface area (Å²) in [4.78, 5) is 13.5. The zero-order chi connectivity index (χ0) is 21.8. The number of amides is 1. The summed E-state index contributed by atoms with van der Waals surface area (Å²) in [6.07, 6.45) is 3.17. The Morgan fingerprint density at radius 3 is 2.45 bits per heavy atom. The number of para-hydroxylation sites is 1. The summed E-state index contributed by atoms with van der Waals surface area (Å²) in [6, 6.07) is 20.8. The Morgan fingerprint density at radius 2 is 1.74 bits per heavy atom. The number of furan rings is 1. The Balaban J connectivity index is 1.77. The van der Waals surface area contributed by atoms with Gasteiger partial charge in [-0.3, -0.25) is 4.79 Å².